The molecule has 3 atom stereocenters. The first-order chi connectivity index (χ1) is 8.90. The van der Waals surface area contributed by atoms with Crippen molar-refractivity contribution >= 4 is 12.1 Å². The average Bonchev–Trinajstić information content (AvgIpc) is 2.38. The van der Waals surface area contributed by atoms with Crippen LogP contribution in [0.5, 0.6) is 0 Å². The molecule has 0 aromatic heterocycles. The second-order valence-corrected chi connectivity index (χ2v) is 6.16. The van der Waals surface area contributed by atoms with Gasteiger partial charge in [-0.15, -0.1) is 0 Å². The monoisotopic (exact) mass is 258 g/mol. The first-order valence-electron chi connectivity index (χ1n) is 6.95. The summed E-state index contributed by atoms with van der Waals surface area (Å²) in [4.78, 5) is 23.1. The highest BCUT2D eigenvalue weighted by Crippen LogP contribution is 2.52. The summed E-state index contributed by atoms with van der Waals surface area (Å²) in [6.45, 7) is 9.90. The molecule has 0 amide bonds. The van der Waals surface area contributed by atoms with Crippen molar-refractivity contribution in [3.05, 3.63) is 35.5 Å². The minimum Gasteiger partial charge on any atom is -0.298 e. The fraction of sp³-hybridized carbons (Fsp3) is 0.529. The van der Waals surface area contributed by atoms with E-state index in [1.807, 2.05) is 26.8 Å². The average molecular weight is 258 g/mol. The Morgan fingerprint density at radius 2 is 2.21 bits per heavy atom. The van der Waals surface area contributed by atoms with Gasteiger partial charge in [-0.25, -0.2) is 0 Å². The Hall–Kier alpha value is -1.44. The van der Waals surface area contributed by atoms with Gasteiger partial charge in [-0.1, -0.05) is 24.3 Å². The second kappa shape index (κ2) is 4.92. The summed E-state index contributed by atoms with van der Waals surface area (Å²) < 4.78 is 0. The molecule has 1 fully saturated rings. The number of carbonyl (C=O) groups is 2. The zero-order valence-electron chi connectivity index (χ0n) is 12.0. The molecule has 0 aromatic rings. The highest BCUT2D eigenvalue weighted by Gasteiger charge is 2.50. The maximum absolute atomic E-state index is 12.2. The zero-order valence-corrected chi connectivity index (χ0v) is 12.0. The number of aldehydes is 1. The van der Waals surface area contributed by atoms with E-state index in [1.54, 1.807) is 0 Å². The van der Waals surface area contributed by atoms with E-state index in [4.69, 9.17) is 0 Å². The molecule has 0 aliphatic heterocycles. The van der Waals surface area contributed by atoms with Gasteiger partial charge in [0.15, 0.2) is 5.78 Å². The third-order valence-electron chi connectivity index (χ3n) is 4.58. The summed E-state index contributed by atoms with van der Waals surface area (Å²) in [5.74, 6) is 0.639. The summed E-state index contributed by atoms with van der Waals surface area (Å²) in [6.07, 6.45) is 8.11. The maximum atomic E-state index is 12.2. The molecule has 0 spiro atoms. The van der Waals surface area contributed by atoms with Crippen LogP contribution in [0.4, 0.5) is 0 Å². The molecule has 102 valence electrons. The lowest BCUT2D eigenvalue weighted by Crippen LogP contribution is -2.46. The van der Waals surface area contributed by atoms with Crippen molar-refractivity contribution in [2.75, 3.05) is 0 Å². The molecule has 0 N–H and O–H groups in total. The van der Waals surface area contributed by atoms with Crippen LogP contribution < -0.4 is 0 Å². The topological polar surface area (TPSA) is 34.1 Å². The number of carbonyl (C=O) groups excluding carboxylic acids is 2. The summed E-state index contributed by atoms with van der Waals surface area (Å²) in [7, 11) is 0. The smallest absolute Gasteiger partial charge is 0.168 e. The number of rotatable bonds is 3. The van der Waals surface area contributed by atoms with Gasteiger partial charge in [0.25, 0.3) is 0 Å². The van der Waals surface area contributed by atoms with Gasteiger partial charge in [0.2, 0.25) is 0 Å². The molecule has 1 saturated carbocycles. The Labute approximate surface area is 115 Å². The van der Waals surface area contributed by atoms with Gasteiger partial charge in [-0.3, -0.25) is 9.59 Å². The molecule has 0 heterocycles. The summed E-state index contributed by atoms with van der Waals surface area (Å²) in [6, 6.07) is 0. The van der Waals surface area contributed by atoms with Crippen molar-refractivity contribution in [1.82, 2.24) is 0 Å². The molecule has 0 aromatic carbocycles. The van der Waals surface area contributed by atoms with Crippen LogP contribution in [0.1, 0.15) is 40.0 Å². The maximum Gasteiger partial charge on any atom is 0.168 e. The van der Waals surface area contributed by atoms with Crippen LogP contribution in [0.15, 0.2) is 35.5 Å². The Kier molecular flexibility index (Phi) is 3.62. The lowest BCUT2D eigenvalue weighted by Gasteiger charge is -2.46. The van der Waals surface area contributed by atoms with Gasteiger partial charge in [0, 0.05) is 5.92 Å². The van der Waals surface area contributed by atoms with Crippen LogP contribution in [0.25, 0.3) is 0 Å². The van der Waals surface area contributed by atoms with E-state index in [0.29, 0.717) is 0 Å². The van der Waals surface area contributed by atoms with Crippen LogP contribution in [0.2, 0.25) is 0 Å². The van der Waals surface area contributed by atoms with E-state index in [9.17, 15) is 9.59 Å². The zero-order chi connectivity index (χ0) is 14.2. The summed E-state index contributed by atoms with van der Waals surface area (Å²) >= 11 is 0. The van der Waals surface area contributed by atoms with E-state index in [-0.39, 0.29) is 17.6 Å². The molecule has 2 aliphatic carbocycles. The van der Waals surface area contributed by atoms with Crippen LogP contribution in [-0.4, -0.2) is 12.1 Å². The first kappa shape index (κ1) is 14.0. The Morgan fingerprint density at radius 1 is 1.53 bits per heavy atom. The van der Waals surface area contributed by atoms with E-state index < -0.39 is 5.41 Å². The molecule has 19 heavy (non-hydrogen) atoms. The lowest BCUT2D eigenvalue weighted by atomic mass is 9.55. The van der Waals surface area contributed by atoms with E-state index in [1.165, 1.54) is 0 Å². The number of hydrogen-bond donors (Lipinski definition) is 0. The molecule has 2 heteroatoms. The molecule has 2 nitrogen and oxygen atoms in total. The van der Waals surface area contributed by atoms with Gasteiger partial charge >= 0.3 is 0 Å². The van der Waals surface area contributed by atoms with Crippen molar-refractivity contribution in [1.29, 1.82) is 0 Å². The molecule has 0 radical (unpaired) electrons. The minimum absolute atomic E-state index is 0.146. The molecule has 0 bridgehead atoms. The predicted molar refractivity (Wildman–Crippen MR) is 76.7 cm³/mol. The SMILES string of the molecule is C=C1CCCC(/C=C(/C)C=O)C1C1(C)C=C(C)C1=O. The fourth-order valence-electron chi connectivity index (χ4n) is 3.77. The van der Waals surface area contributed by atoms with Gasteiger partial charge in [-0.2, -0.15) is 0 Å². The molecule has 2 aliphatic rings. The molecule has 2 rings (SSSR count). The minimum atomic E-state index is -0.411. The van der Waals surface area contributed by atoms with Gasteiger partial charge in [-0.05, 0) is 57.1 Å². The third kappa shape index (κ3) is 2.24. The van der Waals surface area contributed by atoms with Crippen molar-refractivity contribution in [2.45, 2.75) is 40.0 Å². The van der Waals surface area contributed by atoms with Crippen molar-refractivity contribution in [2.24, 2.45) is 17.3 Å². The lowest BCUT2D eigenvalue weighted by molar-refractivity contribution is -0.127. The number of ketones is 1. The largest absolute Gasteiger partial charge is 0.298 e. The fourth-order valence-corrected chi connectivity index (χ4v) is 3.77. The highest BCUT2D eigenvalue weighted by atomic mass is 16.1. The summed E-state index contributed by atoms with van der Waals surface area (Å²) in [5.41, 5.74) is 2.36. The van der Waals surface area contributed by atoms with Gasteiger partial charge < -0.3 is 0 Å². The normalized spacial score (nSPS) is 35.7. The highest BCUT2D eigenvalue weighted by molar-refractivity contribution is 6.07. The van der Waals surface area contributed by atoms with Crippen molar-refractivity contribution in [3.8, 4) is 0 Å². The predicted octanol–water partition coefficient (Wildman–Crippen LogP) is 3.64. The van der Waals surface area contributed by atoms with Crippen LogP contribution in [-0.2, 0) is 9.59 Å². The summed E-state index contributed by atoms with van der Waals surface area (Å²) in [5, 5.41) is 0. The molecule has 3 unspecified atom stereocenters. The second-order valence-electron chi connectivity index (χ2n) is 6.16. The van der Waals surface area contributed by atoms with E-state index in [0.717, 1.165) is 42.3 Å². The molecular weight excluding hydrogens is 236 g/mol. The van der Waals surface area contributed by atoms with Gasteiger partial charge in [0.1, 0.15) is 6.29 Å². The van der Waals surface area contributed by atoms with E-state index in [2.05, 4.69) is 12.7 Å². The standard InChI is InChI=1S/C17H22O2/c1-11(10-18)8-14-7-5-6-12(2)15(14)17(4)9-13(3)16(17)19/h8-10,14-15H,2,5-7H2,1,3-4H3/b11-8-. The van der Waals surface area contributed by atoms with E-state index >= 15 is 0 Å². The van der Waals surface area contributed by atoms with Crippen LogP contribution in [0, 0.1) is 17.3 Å². The quantitative estimate of drug-likeness (QED) is 0.440. The number of allylic oxidation sites excluding steroid dienone is 5. The Bertz CT molecular complexity index is 495. The third-order valence-corrected chi connectivity index (χ3v) is 4.58. The van der Waals surface area contributed by atoms with Crippen LogP contribution in [0.3, 0.4) is 0 Å². The van der Waals surface area contributed by atoms with Crippen molar-refractivity contribution < 1.29 is 9.59 Å². The first-order valence-corrected chi connectivity index (χ1v) is 6.95. The number of hydrogen-bond acceptors (Lipinski definition) is 2. The Balaban J connectivity index is 2.36. The van der Waals surface area contributed by atoms with Crippen molar-refractivity contribution in [3.63, 3.8) is 0 Å². The molecule has 0 saturated heterocycles. The van der Waals surface area contributed by atoms with Gasteiger partial charge in [0.05, 0.1) is 5.41 Å². The molecular formula is C17H22O2. The number of Topliss-reactive ketones (excluding diaryl/α,β-unsaturated/α-hetero) is 1. The van der Waals surface area contributed by atoms with Crippen LogP contribution >= 0.6 is 0 Å². The Morgan fingerprint density at radius 3 is 2.74 bits per heavy atom.